The number of aliphatic hydroxyl groups excluding tert-OH is 1. The van der Waals surface area contributed by atoms with E-state index in [4.69, 9.17) is 5.11 Å². The van der Waals surface area contributed by atoms with E-state index in [1.54, 1.807) is 0 Å². The molecule has 1 saturated heterocycles. The minimum atomic E-state index is -4.74. The first kappa shape index (κ1) is 12.4. The van der Waals surface area contributed by atoms with E-state index in [0.29, 0.717) is 13.1 Å². The molecule has 1 N–H and O–H groups in total. The van der Waals surface area contributed by atoms with E-state index in [0.717, 1.165) is 12.8 Å². The zero-order valence-corrected chi connectivity index (χ0v) is 8.26. The number of alkyl halides is 3. The molecule has 0 aliphatic carbocycles. The molecule has 0 radical (unpaired) electrons. The molecule has 6 heteroatoms. The van der Waals surface area contributed by atoms with Crippen LogP contribution in [0.2, 0.25) is 0 Å². The number of Topliss-reactive ketones (excluding diaryl/α,β-unsaturated/α-hetero) is 1. The van der Waals surface area contributed by atoms with Gasteiger partial charge in [0.15, 0.2) is 0 Å². The summed E-state index contributed by atoms with van der Waals surface area (Å²) < 4.78 is 35.9. The van der Waals surface area contributed by atoms with Crippen LogP contribution < -0.4 is 0 Å². The molecule has 0 aromatic rings. The van der Waals surface area contributed by atoms with Gasteiger partial charge >= 0.3 is 6.18 Å². The summed E-state index contributed by atoms with van der Waals surface area (Å²) in [6.07, 6.45) is -3.20. The molecule has 1 atom stereocenters. The third-order valence-electron chi connectivity index (χ3n) is 2.54. The van der Waals surface area contributed by atoms with Gasteiger partial charge in [0, 0.05) is 13.2 Å². The molecule has 1 heterocycles. The van der Waals surface area contributed by atoms with E-state index >= 15 is 0 Å². The topological polar surface area (TPSA) is 40.5 Å². The van der Waals surface area contributed by atoms with Crippen LogP contribution in [0, 0.1) is 5.92 Å². The van der Waals surface area contributed by atoms with Crippen LogP contribution >= 0.6 is 0 Å². The van der Waals surface area contributed by atoms with Crippen LogP contribution in [0.5, 0.6) is 0 Å². The predicted molar refractivity (Wildman–Crippen MR) is 47.3 cm³/mol. The lowest BCUT2D eigenvalue weighted by atomic mass is 9.99. The first-order chi connectivity index (χ1) is 6.93. The number of aliphatic hydroxyl groups is 1. The second kappa shape index (κ2) is 4.94. The number of halogens is 3. The fourth-order valence-corrected chi connectivity index (χ4v) is 1.74. The van der Waals surface area contributed by atoms with E-state index in [2.05, 4.69) is 0 Å². The number of carbonyl (C=O) groups is 1. The van der Waals surface area contributed by atoms with Crippen LogP contribution in [0.4, 0.5) is 13.2 Å². The molecular formula is C9H14F3NO2. The molecule has 0 spiro atoms. The van der Waals surface area contributed by atoms with Gasteiger partial charge in [-0.2, -0.15) is 13.2 Å². The Hall–Kier alpha value is -0.620. The summed E-state index contributed by atoms with van der Waals surface area (Å²) >= 11 is 0. The molecule has 0 unspecified atom stereocenters. The van der Waals surface area contributed by atoms with Crippen molar-refractivity contribution < 1.29 is 23.1 Å². The zero-order valence-electron chi connectivity index (χ0n) is 8.26. The molecule has 15 heavy (non-hydrogen) atoms. The standard InChI is InChI=1S/C9H14F3NO2/c10-9(11,12)8(15)5-13-3-1-2-7(4-13)6-14/h7,14H,1-6H2/t7-/m1/s1. The van der Waals surface area contributed by atoms with Crippen LogP contribution in [0.25, 0.3) is 0 Å². The average molecular weight is 225 g/mol. The molecule has 1 rings (SSSR count). The Morgan fingerprint density at radius 2 is 2.13 bits per heavy atom. The van der Waals surface area contributed by atoms with Gasteiger partial charge in [-0.1, -0.05) is 0 Å². The van der Waals surface area contributed by atoms with Crippen molar-refractivity contribution in [3.63, 3.8) is 0 Å². The zero-order chi connectivity index (χ0) is 11.5. The number of likely N-dealkylation sites (tertiary alicyclic amines) is 1. The molecule has 1 aliphatic rings. The Morgan fingerprint density at radius 1 is 1.47 bits per heavy atom. The van der Waals surface area contributed by atoms with E-state index < -0.39 is 18.5 Å². The van der Waals surface area contributed by atoms with E-state index in [1.807, 2.05) is 0 Å². The highest BCUT2D eigenvalue weighted by atomic mass is 19.4. The maximum absolute atomic E-state index is 12.0. The van der Waals surface area contributed by atoms with Crippen LogP contribution in [0.3, 0.4) is 0 Å². The number of nitrogens with zero attached hydrogens (tertiary/aromatic N) is 1. The van der Waals surface area contributed by atoms with Gasteiger partial charge in [-0.25, -0.2) is 0 Å². The van der Waals surface area contributed by atoms with E-state index in [-0.39, 0.29) is 12.5 Å². The fourth-order valence-electron chi connectivity index (χ4n) is 1.74. The molecule has 0 bridgehead atoms. The van der Waals surface area contributed by atoms with Crippen LogP contribution in [0.15, 0.2) is 0 Å². The summed E-state index contributed by atoms with van der Waals surface area (Å²) in [5.74, 6) is -1.71. The summed E-state index contributed by atoms with van der Waals surface area (Å²) in [7, 11) is 0. The van der Waals surface area contributed by atoms with E-state index in [9.17, 15) is 18.0 Å². The molecule has 0 aromatic carbocycles. The summed E-state index contributed by atoms with van der Waals surface area (Å²) in [6.45, 7) is 0.257. The van der Waals surface area contributed by atoms with Gasteiger partial charge in [-0.15, -0.1) is 0 Å². The lowest BCUT2D eigenvalue weighted by Crippen LogP contribution is -2.43. The normalized spacial score (nSPS) is 24.1. The Balaban J connectivity index is 2.41. The van der Waals surface area contributed by atoms with Crippen molar-refractivity contribution in [2.45, 2.75) is 19.0 Å². The number of ketones is 1. The monoisotopic (exact) mass is 225 g/mol. The SMILES string of the molecule is O=C(CN1CCC[C@@H](CO)C1)C(F)(F)F. The Bertz CT molecular complexity index is 230. The number of hydrogen-bond donors (Lipinski definition) is 1. The highest BCUT2D eigenvalue weighted by molar-refractivity contribution is 5.85. The average Bonchev–Trinajstić information content (AvgIpc) is 2.16. The summed E-state index contributed by atoms with van der Waals surface area (Å²) in [6, 6.07) is 0. The minimum absolute atomic E-state index is 0.000200. The van der Waals surface area contributed by atoms with E-state index in [1.165, 1.54) is 4.90 Å². The van der Waals surface area contributed by atoms with Gasteiger partial charge in [0.1, 0.15) is 0 Å². The highest BCUT2D eigenvalue weighted by Gasteiger charge is 2.39. The van der Waals surface area contributed by atoms with Crippen molar-refractivity contribution in [1.29, 1.82) is 0 Å². The van der Waals surface area contributed by atoms with Gasteiger partial charge < -0.3 is 5.11 Å². The van der Waals surface area contributed by atoms with Crippen LogP contribution in [-0.4, -0.2) is 48.2 Å². The first-order valence-electron chi connectivity index (χ1n) is 4.86. The smallest absolute Gasteiger partial charge is 0.396 e. The molecule has 1 aliphatic heterocycles. The Labute approximate surface area is 85.9 Å². The molecule has 0 amide bonds. The largest absolute Gasteiger partial charge is 0.451 e. The van der Waals surface area contributed by atoms with Gasteiger partial charge in [-0.05, 0) is 25.3 Å². The van der Waals surface area contributed by atoms with Crippen molar-refractivity contribution in [2.24, 2.45) is 5.92 Å². The molecule has 0 aromatic heterocycles. The van der Waals surface area contributed by atoms with Crippen molar-refractivity contribution in [3.8, 4) is 0 Å². The van der Waals surface area contributed by atoms with Crippen LogP contribution in [-0.2, 0) is 4.79 Å². The van der Waals surface area contributed by atoms with Crippen molar-refractivity contribution in [3.05, 3.63) is 0 Å². The van der Waals surface area contributed by atoms with Crippen molar-refractivity contribution in [2.75, 3.05) is 26.2 Å². The Morgan fingerprint density at radius 3 is 2.67 bits per heavy atom. The maximum atomic E-state index is 12.0. The van der Waals surface area contributed by atoms with Crippen molar-refractivity contribution in [1.82, 2.24) is 4.90 Å². The Kier molecular flexibility index (Phi) is 4.10. The molecule has 1 fully saturated rings. The maximum Gasteiger partial charge on any atom is 0.451 e. The van der Waals surface area contributed by atoms with Crippen molar-refractivity contribution >= 4 is 5.78 Å². The molecule has 3 nitrogen and oxygen atoms in total. The molecular weight excluding hydrogens is 211 g/mol. The third-order valence-corrected chi connectivity index (χ3v) is 2.54. The second-order valence-electron chi connectivity index (χ2n) is 3.85. The number of carbonyl (C=O) groups excluding carboxylic acids is 1. The fraction of sp³-hybridized carbons (Fsp3) is 0.889. The van der Waals surface area contributed by atoms with Gasteiger partial charge in [0.05, 0.1) is 6.54 Å². The third kappa shape index (κ3) is 3.79. The highest BCUT2D eigenvalue weighted by Crippen LogP contribution is 2.20. The second-order valence-corrected chi connectivity index (χ2v) is 3.85. The van der Waals surface area contributed by atoms with Gasteiger partial charge in [-0.3, -0.25) is 9.69 Å². The summed E-state index contributed by atoms with van der Waals surface area (Å²) in [5, 5.41) is 8.87. The summed E-state index contributed by atoms with van der Waals surface area (Å²) in [5.41, 5.74) is 0. The van der Waals surface area contributed by atoms with Gasteiger partial charge in [0.25, 0.3) is 0 Å². The number of rotatable bonds is 3. The minimum Gasteiger partial charge on any atom is -0.396 e. The predicted octanol–water partition coefficient (Wildman–Crippen LogP) is 0.822. The summed E-state index contributed by atoms with van der Waals surface area (Å²) in [4.78, 5) is 12.2. The number of hydrogen-bond acceptors (Lipinski definition) is 3. The molecule has 88 valence electrons. The van der Waals surface area contributed by atoms with Crippen LogP contribution in [0.1, 0.15) is 12.8 Å². The molecule has 0 saturated carbocycles. The lowest BCUT2D eigenvalue weighted by Gasteiger charge is -2.31. The number of piperidine rings is 1. The lowest BCUT2D eigenvalue weighted by molar-refractivity contribution is -0.172. The van der Waals surface area contributed by atoms with Gasteiger partial charge in [0.2, 0.25) is 5.78 Å². The first-order valence-corrected chi connectivity index (χ1v) is 4.86. The quantitative estimate of drug-likeness (QED) is 0.773.